The predicted octanol–water partition coefficient (Wildman–Crippen LogP) is 4.28. The Balaban J connectivity index is 1.52. The fourth-order valence-corrected chi connectivity index (χ4v) is 6.10. The second-order valence-corrected chi connectivity index (χ2v) is 11.3. The molecule has 6 rings (SSSR count). The van der Waals surface area contributed by atoms with Crippen LogP contribution >= 0.6 is 11.6 Å². The topological polar surface area (TPSA) is 120 Å². The van der Waals surface area contributed by atoms with Gasteiger partial charge in [-0.2, -0.15) is 10.4 Å². The Morgan fingerprint density at radius 1 is 1.19 bits per heavy atom. The molecule has 2 aliphatic heterocycles. The number of pyridine rings is 1. The van der Waals surface area contributed by atoms with Crippen LogP contribution in [-0.4, -0.2) is 96.5 Å². The number of anilines is 1. The van der Waals surface area contributed by atoms with Crippen LogP contribution in [0.4, 0.5) is 5.69 Å². The van der Waals surface area contributed by atoms with E-state index >= 15 is 0 Å². The molecule has 4 heterocycles. The van der Waals surface area contributed by atoms with Crippen molar-refractivity contribution in [1.82, 2.24) is 25.0 Å². The summed E-state index contributed by atoms with van der Waals surface area (Å²) in [7, 11) is 3.65. The SMILES string of the molecule is C=CC(=O)N1CCN(c2c(C#N)c(O[C@@H]3CN(C)C[C@H]3OC)nc3c(Oc4c(C)ccc5[nH]ncc45)cc(Cl)cc23)CC1. The van der Waals surface area contributed by atoms with Gasteiger partial charge in [-0.05, 0) is 37.7 Å². The first-order valence-corrected chi connectivity index (χ1v) is 14.4. The van der Waals surface area contributed by atoms with E-state index in [0.29, 0.717) is 77.9 Å². The Labute approximate surface area is 254 Å². The highest BCUT2D eigenvalue weighted by atomic mass is 35.5. The molecule has 12 heteroatoms. The molecule has 11 nitrogen and oxygen atoms in total. The molecule has 1 N–H and O–H groups in total. The summed E-state index contributed by atoms with van der Waals surface area (Å²) in [6.45, 7) is 8.82. The number of nitrogens with zero attached hydrogens (tertiary/aromatic N) is 6. The molecule has 0 radical (unpaired) electrons. The molecule has 4 aromatic rings. The summed E-state index contributed by atoms with van der Waals surface area (Å²) in [6.07, 6.45) is 2.52. The molecule has 222 valence electrons. The number of hydrogen-bond donors (Lipinski definition) is 1. The summed E-state index contributed by atoms with van der Waals surface area (Å²) in [5.41, 5.74) is 3.17. The first kappa shape index (κ1) is 28.7. The molecule has 2 aromatic carbocycles. The van der Waals surface area contributed by atoms with Gasteiger partial charge >= 0.3 is 0 Å². The van der Waals surface area contributed by atoms with Crippen LogP contribution in [0.5, 0.6) is 17.4 Å². The summed E-state index contributed by atoms with van der Waals surface area (Å²) in [4.78, 5) is 23.2. The van der Waals surface area contributed by atoms with Crippen LogP contribution in [0.25, 0.3) is 21.8 Å². The number of amides is 1. The zero-order valence-electron chi connectivity index (χ0n) is 24.3. The van der Waals surface area contributed by atoms with Gasteiger partial charge < -0.3 is 24.0 Å². The van der Waals surface area contributed by atoms with Gasteiger partial charge in [0.1, 0.15) is 35.1 Å². The molecule has 43 heavy (non-hydrogen) atoms. The maximum absolute atomic E-state index is 12.3. The molecule has 2 aromatic heterocycles. The van der Waals surface area contributed by atoms with Crippen molar-refractivity contribution in [3.63, 3.8) is 0 Å². The number of aromatic amines is 1. The van der Waals surface area contributed by atoms with Crippen LogP contribution in [-0.2, 0) is 9.53 Å². The van der Waals surface area contributed by atoms with Crippen molar-refractivity contribution >= 4 is 45.0 Å². The molecular formula is C31H32ClN7O4. The lowest BCUT2D eigenvalue weighted by Gasteiger charge is -2.37. The smallest absolute Gasteiger partial charge is 0.246 e. The minimum Gasteiger partial charge on any atom is -0.469 e. The van der Waals surface area contributed by atoms with Gasteiger partial charge in [0.15, 0.2) is 5.75 Å². The molecule has 0 spiro atoms. The number of carbonyl (C=O) groups excluding carboxylic acids is 1. The number of hydrogen-bond acceptors (Lipinski definition) is 9. The maximum atomic E-state index is 12.3. The van der Waals surface area contributed by atoms with Gasteiger partial charge in [-0.1, -0.05) is 24.2 Å². The van der Waals surface area contributed by atoms with E-state index in [1.807, 2.05) is 26.1 Å². The normalized spacial score (nSPS) is 19.1. The average Bonchev–Trinajstić information content (AvgIpc) is 3.63. The molecule has 2 atom stereocenters. The lowest BCUT2D eigenvalue weighted by Crippen LogP contribution is -2.48. The second-order valence-electron chi connectivity index (χ2n) is 10.9. The summed E-state index contributed by atoms with van der Waals surface area (Å²) < 4.78 is 18.8. The molecule has 2 fully saturated rings. The average molecular weight is 602 g/mol. The van der Waals surface area contributed by atoms with Gasteiger partial charge in [0.05, 0.1) is 22.8 Å². The molecular weight excluding hydrogens is 570 g/mol. The third kappa shape index (κ3) is 5.33. The fourth-order valence-electron chi connectivity index (χ4n) is 5.89. The van der Waals surface area contributed by atoms with Gasteiger partial charge in [-0.25, -0.2) is 4.98 Å². The number of methoxy groups -OCH3 is 1. The van der Waals surface area contributed by atoms with Crippen LogP contribution in [0.15, 0.2) is 43.1 Å². The van der Waals surface area contributed by atoms with Gasteiger partial charge in [0, 0.05) is 62.9 Å². The van der Waals surface area contributed by atoms with Crippen LogP contribution in [0.1, 0.15) is 11.1 Å². The van der Waals surface area contributed by atoms with Crippen molar-refractivity contribution in [3.8, 4) is 23.4 Å². The highest BCUT2D eigenvalue weighted by Crippen LogP contribution is 2.43. The van der Waals surface area contributed by atoms with E-state index in [0.717, 1.165) is 16.5 Å². The number of H-pyrrole nitrogens is 1. The molecule has 1 amide bonds. The number of aryl methyl sites for hydroxylation is 1. The Morgan fingerprint density at radius 3 is 2.67 bits per heavy atom. The lowest BCUT2D eigenvalue weighted by molar-refractivity contribution is -0.126. The Kier molecular flexibility index (Phi) is 7.83. The van der Waals surface area contributed by atoms with E-state index < -0.39 is 0 Å². The zero-order chi connectivity index (χ0) is 30.2. The summed E-state index contributed by atoms with van der Waals surface area (Å²) in [5, 5.41) is 19.6. The van der Waals surface area contributed by atoms with Crippen molar-refractivity contribution in [3.05, 3.63) is 59.3 Å². The number of nitrogens with one attached hydrogen (secondary N) is 1. The van der Waals surface area contributed by atoms with Crippen molar-refractivity contribution in [2.75, 3.05) is 58.3 Å². The minimum atomic E-state index is -0.333. The molecule has 0 unspecified atom stereocenters. The van der Waals surface area contributed by atoms with Crippen LogP contribution in [0, 0.1) is 18.3 Å². The summed E-state index contributed by atoms with van der Waals surface area (Å²) in [6, 6.07) is 9.78. The number of benzene rings is 2. The van der Waals surface area contributed by atoms with Gasteiger partial charge in [-0.15, -0.1) is 0 Å². The van der Waals surface area contributed by atoms with Crippen molar-refractivity contribution in [2.45, 2.75) is 19.1 Å². The van der Waals surface area contributed by atoms with E-state index in [2.05, 4.69) is 32.6 Å². The first-order valence-electron chi connectivity index (χ1n) is 14.0. The quantitative estimate of drug-likeness (QED) is 0.310. The summed E-state index contributed by atoms with van der Waals surface area (Å²) >= 11 is 6.70. The van der Waals surface area contributed by atoms with E-state index in [1.54, 1.807) is 30.3 Å². The number of halogens is 1. The summed E-state index contributed by atoms with van der Waals surface area (Å²) in [5.74, 6) is 1.12. The fraction of sp³-hybridized carbons (Fsp3) is 0.355. The van der Waals surface area contributed by atoms with Crippen LogP contribution in [0.3, 0.4) is 0 Å². The number of rotatable bonds is 7. The number of piperazine rings is 1. The number of nitriles is 1. The maximum Gasteiger partial charge on any atom is 0.246 e. The highest BCUT2D eigenvalue weighted by Gasteiger charge is 2.35. The number of fused-ring (bicyclic) bond motifs is 2. The van der Waals surface area contributed by atoms with Gasteiger partial charge in [0.25, 0.3) is 0 Å². The van der Waals surface area contributed by atoms with E-state index in [4.69, 9.17) is 30.8 Å². The van der Waals surface area contributed by atoms with Crippen LogP contribution in [0.2, 0.25) is 5.02 Å². The minimum absolute atomic E-state index is 0.123. The third-order valence-corrected chi connectivity index (χ3v) is 8.32. The Hall–Kier alpha value is -4.37. The van der Waals surface area contributed by atoms with Crippen LogP contribution < -0.4 is 14.4 Å². The first-order chi connectivity index (χ1) is 20.8. The van der Waals surface area contributed by atoms with Crippen molar-refractivity contribution < 1.29 is 19.0 Å². The molecule has 0 saturated carbocycles. The predicted molar refractivity (Wildman–Crippen MR) is 164 cm³/mol. The number of likely N-dealkylation sites (N-methyl/N-ethyl adjacent to an activating group) is 1. The molecule has 0 aliphatic carbocycles. The Morgan fingerprint density at radius 2 is 1.95 bits per heavy atom. The molecule has 0 bridgehead atoms. The number of aromatic nitrogens is 3. The van der Waals surface area contributed by atoms with Gasteiger partial charge in [0.2, 0.25) is 11.8 Å². The standard InChI is InChI=1S/C31H32ClN7O4/c1-5-27(40)38-8-10-39(11-9-38)29-20-12-19(32)13-24(42-30-18(2)6-7-23-22(30)15-34-36-23)28(20)35-31(21(29)14-33)43-26-17-37(3)16-25(26)41-4/h5-7,12-13,15,25-26H,1,8-11,16-17H2,2-4H3,(H,34,36)/t25-,26-/m1/s1. The number of carbonyl (C=O) groups is 1. The van der Waals surface area contributed by atoms with Crippen molar-refractivity contribution in [2.24, 2.45) is 0 Å². The van der Waals surface area contributed by atoms with Crippen molar-refractivity contribution in [1.29, 1.82) is 5.26 Å². The monoisotopic (exact) mass is 601 g/mol. The highest BCUT2D eigenvalue weighted by molar-refractivity contribution is 6.32. The number of ether oxygens (including phenoxy) is 3. The van der Waals surface area contributed by atoms with E-state index in [1.165, 1.54) is 6.08 Å². The molecule has 2 saturated heterocycles. The van der Waals surface area contributed by atoms with E-state index in [9.17, 15) is 10.1 Å². The largest absolute Gasteiger partial charge is 0.469 e. The Bertz CT molecular complexity index is 1760. The third-order valence-electron chi connectivity index (χ3n) is 8.10. The zero-order valence-corrected chi connectivity index (χ0v) is 25.0. The van der Waals surface area contributed by atoms with E-state index in [-0.39, 0.29) is 24.0 Å². The number of likely N-dealkylation sites (tertiary alicyclic amines) is 1. The van der Waals surface area contributed by atoms with Gasteiger partial charge in [-0.3, -0.25) is 14.8 Å². The second kappa shape index (κ2) is 11.7. The lowest BCUT2D eigenvalue weighted by atomic mass is 10.1. The molecule has 2 aliphatic rings.